The summed E-state index contributed by atoms with van der Waals surface area (Å²) in [6.45, 7) is 2.93. The normalized spacial score (nSPS) is 16.1. The quantitative estimate of drug-likeness (QED) is 0.404. The van der Waals surface area contributed by atoms with Crippen molar-refractivity contribution >= 4 is 22.7 Å². The van der Waals surface area contributed by atoms with Gasteiger partial charge in [0.2, 0.25) is 0 Å². The molecule has 2 fully saturated rings. The van der Waals surface area contributed by atoms with E-state index in [2.05, 4.69) is 16.0 Å². The maximum Gasteiger partial charge on any atom is 0.411 e. The molecule has 1 amide bonds. The first kappa shape index (κ1) is 22.3. The Kier molecular flexibility index (Phi) is 6.16. The number of aromatic nitrogens is 1. The van der Waals surface area contributed by atoms with Crippen LogP contribution >= 0.6 is 0 Å². The van der Waals surface area contributed by atoms with Crippen molar-refractivity contribution in [3.8, 4) is 23.1 Å². The number of anilines is 1. The molecule has 3 aromatic rings. The van der Waals surface area contributed by atoms with Crippen molar-refractivity contribution in [2.75, 3.05) is 25.6 Å². The predicted octanol–water partition coefficient (Wildman–Crippen LogP) is 5.89. The van der Waals surface area contributed by atoms with Gasteiger partial charge < -0.3 is 18.8 Å². The van der Waals surface area contributed by atoms with Gasteiger partial charge in [0, 0.05) is 30.3 Å². The third-order valence-corrected chi connectivity index (χ3v) is 6.54. The number of fused-ring (bicyclic) bond motifs is 1. The lowest BCUT2D eigenvalue weighted by Gasteiger charge is -2.14. The van der Waals surface area contributed by atoms with E-state index >= 15 is 0 Å². The minimum absolute atomic E-state index is 0.0601. The lowest BCUT2D eigenvalue weighted by molar-refractivity contribution is 0.108. The summed E-state index contributed by atoms with van der Waals surface area (Å²) < 4.78 is 18.6. The summed E-state index contributed by atoms with van der Waals surface area (Å²) >= 11 is 0. The average Bonchev–Trinajstić information content (AvgIpc) is 3.75. The molecule has 34 heavy (non-hydrogen) atoms. The van der Waals surface area contributed by atoms with Crippen LogP contribution in [0.1, 0.15) is 44.2 Å². The smallest absolute Gasteiger partial charge is 0.411 e. The Balaban J connectivity index is 1.43. The van der Waals surface area contributed by atoms with Gasteiger partial charge in [-0.2, -0.15) is 5.26 Å². The topological polar surface area (TPSA) is 85.5 Å². The third-order valence-electron chi connectivity index (χ3n) is 6.54. The molecule has 176 valence electrons. The van der Waals surface area contributed by atoms with Gasteiger partial charge in [0.25, 0.3) is 0 Å². The highest BCUT2D eigenvalue weighted by atomic mass is 16.6. The molecular formula is C27H29N3O4. The van der Waals surface area contributed by atoms with Gasteiger partial charge in [-0.1, -0.05) is 12.1 Å². The minimum atomic E-state index is -0.432. The highest BCUT2D eigenvalue weighted by Crippen LogP contribution is 2.45. The van der Waals surface area contributed by atoms with Crippen molar-refractivity contribution in [2.45, 2.75) is 44.8 Å². The van der Waals surface area contributed by atoms with Crippen molar-refractivity contribution in [2.24, 2.45) is 5.92 Å². The largest absolute Gasteiger partial charge is 0.491 e. The molecule has 0 radical (unpaired) electrons. The van der Waals surface area contributed by atoms with Crippen molar-refractivity contribution in [1.82, 2.24) is 4.57 Å². The van der Waals surface area contributed by atoms with Gasteiger partial charge in [0.1, 0.15) is 24.5 Å². The van der Waals surface area contributed by atoms with E-state index < -0.39 is 6.09 Å². The Morgan fingerprint density at radius 1 is 1.15 bits per heavy atom. The number of methoxy groups -OCH3 is 1. The van der Waals surface area contributed by atoms with Crippen molar-refractivity contribution in [3.05, 3.63) is 48.0 Å². The van der Waals surface area contributed by atoms with E-state index in [0.717, 1.165) is 53.6 Å². The number of nitriles is 1. The van der Waals surface area contributed by atoms with Crippen LogP contribution in [0.5, 0.6) is 5.75 Å². The molecule has 5 rings (SSSR count). The zero-order valence-electron chi connectivity index (χ0n) is 19.5. The van der Waals surface area contributed by atoms with Crippen LogP contribution in [0.4, 0.5) is 10.5 Å². The van der Waals surface area contributed by atoms with Gasteiger partial charge in [-0.05, 0) is 68.4 Å². The number of nitrogens with zero attached hydrogens (tertiary/aromatic N) is 2. The van der Waals surface area contributed by atoms with Crippen molar-refractivity contribution in [1.29, 1.82) is 5.26 Å². The zero-order valence-corrected chi connectivity index (χ0v) is 19.5. The van der Waals surface area contributed by atoms with Gasteiger partial charge >= 0.3 is 6.09 Å². The summed E-state index contributed by atoms with van der Waals surface area (Å²) in [7, 11) is 1.65. The number of amides is 1. The van der Waals surface area contributed by atoms with Crippen LogP contribution in [-0.4, -0.2) is 37.1 Å². The van der Waals surface area contributed by atoms with Crippen LogP contribution in [0.3, 0.4) is 0 Å². The molecule has 2 aliphatic rings. The van der Waals surface area contributed by atoms with Crippen LogP contribution in [0.15, 0.2) is 42.5 Å². The fourth-order valence-electron chi connectivity index (χ4n) is 4.42. The number of rotatable bonds is 9. The number of carbonyl (C=O) groups is 1. The average molecular weight is 460 g/mol. The Morgan fingerprint density at radius 2 is 1.91 bits per heavy atom. The molecule has 1 aromatic heterocycles. The first-order valence-corrected chi connectivity index (χ1v) is 11.9. The number of benzene rings is 2. The number of hydrogen-bond donors (Lipinski definition) is 1. The zero-order chi connectivity index (χ0) is 23.7. The van der Waals surface area contributed by atoms with E-state index in [-0.39, 0.29) is 6.10 Å². The number of nitrogens with one attached hydrogen (secondary N) is 1. The van der Waals surface area contributed by atoms with Gasteiger partial charge in [0.05, 0.1) is 23.4 Å². The van der Waals surface area contributed by atoms with Gasteiger partial charge in [-0.15, -0.1) is 0 Å². The standard InChI is InChI=1S/C27H29N3O4/c1-17(18-3-4-18)34-27(31)29-20-7-5-19(6-8-20)26-24(16-28)23-12-11-22(33-14-13-32-2)15-25(23)30(26)21-9-10-21/h5-8,11-12,15,17-18,21H,3-4,9-10,13-14H2,1-2H3,(H,29,31). The van der Waals surface area contributed by atoms with Gasteiger partial charge in [-0.3, -0.25) is 5.32 Å². The fraction of sp³-hybridized carbons (Fsp3) is 0.407. The maximum absolute atomic E-state index is 12.2. The first-order chi connectivity index (χ1) is 16.6. The van der Waals surface area contributed by atoms with E-state index in [1.807, 2.05) is 49.4 Å². The Hall–Kier alpha value is -3.50. The number of hydrogen-bond acceptors (Lipinski definition) is 5. The summed E-state index contributed by atoms with van der Waals surface area (Å²) in [6, 6.07) is 16.3. The summed E-state index contributed by atoms with van der Waals surface area (Å²) in [4.78, 5) is 12.2. The molecule has 0 saturated heterocycles. The van der Waals surface area contributed by atoms with Crippen LogP contribution in [0.25, 0.3) is 22.2 Å². The molecule has 2 saturated carbocycles. The molecule has 2 aliphatic carbocycles. The van der Waals surface area contributed by atoms with E-state index in [9.17, 15) is 10.1 Å². The number of carbonyl (C=O) groups excluding carboxylic acids is 1. The van der Waals surface area contributed by atoms with Crippen molar-refractivity contribution < 1.29 is 19.0 Å². The highest BCUT2D eigenvalue weighted by Gasteiger charge is 2.32. The maximum atomic E-state index is 12.2. The lowest BCUT2D eigenvalue weighted by atomic mass is 10.1. The molecule has 1 N–H and O–H groups in total. The molecule has 0 bridgehead atoms. The first-order valence-electron chi connectivity index (χ1n) is 11.9. The third kappa shape index (κ3) is 4.59. The Labute approximate surface area is 199 Å². The van der Waals surface area contributed by atoms with Crippen LogP contribution in [0, 0.1) is 17.2 Å². The second-order valence-electron chi connectivity index (χ2n) is 9.11. The summed E-state index contributed by atoms with van der Waals surface area (Å²) in [5.74, 6) is 1.26. The Bertz CT molecular complexity index is 1230. The van der Waals surface area contributed by atoms with E-state index in [0.29, 0.717) is 36.4 Å². The Morgan fingerprint density at radius 3 is 2.56 bits per heavy atom. The second-order valence-corrected chi connectivity index (χ2v) is 9.11. The van der Waals surface area contributed by atoms with E-state index in [1.54, 1.807) is 7.11 Å². The molecule has 1 heterocycles. The summed E-state index contributed by atoms with van der Waals surface area (Å²) in [6.07, 6.45) is 3.93. The highest BCUT2D eigenvalue weighted by molar-refractivity contribution is 5.96. The molecule has 1 unspecified atom stereocenters. The molecule has 0 spiro atoms. The monoisotopic (exact) mass is 459 g/mol. The SMILES string of the molecule is COCCOc1ccc2c(C#N)c(-c3ccc(NC(=O)OC(C)C4CC4)cc3)n(C3CC3)c2c1. The molecule has 7 heteroatoms. The minimum Gasteiger partial charge on any atom is -0.491 e. The van der Waals surface area contributed by atoms with E-state index in [4.69, 9.17) is 14.2 Å². The summed E-state index contributed by atoms with van der Waals surface area (Å²) in [5.41, 5.74) is 4.17. The molecule has 1 atom stereocenters. The molecular weight excluding hydrogens is 430 g/mol. The van der Waals surface area contributed by atoms with Crippen LogP contribution in [0.2, 0.25) is 0 Å². The van der Waals surface area contributed by atoms with Gasteiger partial charge in [0.15, 0.2) is 0 Å². The molecule has 2 aromatic carbocycles. The van der Waals surface area contributed by atoms with E-state index in [1.165, 1.54) is 0 Å². The fourth-order valence-corrected chi connectivity index (χ4v) is 4.42. The predicted molar refractivity (Wildman–Crippen MR) is 130 cm³/mol. The lowest BCUT2D eigenvalue weighted by Crippen LogP contribution is -2.21. The van der Waals surface area contributed by atoms with Crippen LogP contribution in [-0.2, 0) is 9.47 Å². The summed E-state index contributed by atoms with van der Waals surface area (Å²) in [5, 5.41) is 13.8. The molecule has 0 aliphatic heterocycles. The van der Waals surface area contributed by atoms with Gasteiger partial charge in [-0.25, -0.2) is 4.79 Å². The van der Waals surface area contributed by atoms with Crippen LogP contribution < -0.4 is 10.1 Å². The van der Waals surface area contributed by atoms with Crippen molar-refractivity contribution in [3.63, 3.8) is 0 Å². The molecule has 7 nitrogen and oxygen atoms in total. The second kappa shape index (κ2) is 9.40. The number of ether oxygens (including phenoxy) is 3.